The summed E-state index contributed by atoms with van der Waals surface area (Å²) in [5.41, 5.74) is 6.10. The molecule has 0 saturated carbocycles. The molecule has 1 amide bonds. The molecule has 23 heavy (non-hydrogen) atoms. The van der Waals surface area contributed by atoms with Gasteiger partial charge < -0.3 is 25.4 Å². The van der Waals surface area contributed by atoms with Crippen LogP contribution in [0.5, 0.6) is 11.5 Å². The van der Waals surface area contributed by atoms with Crippen molar-refractivity contribution in [2.45, 2.75) is 25.4 Å². The SMILES string of the molecule is COc1cc(CNC2CCN(C)CC2)cc(Cl)c1OCC(N)=O. The van der Waals surface area contributed by atoms with Crippen LogP contribution in [0.3, 0.4) is 0 Å². The number of nitrogens with two attached hydrogens (primary N) is 1. The van der Waals surface area contributed by atoms with Gasteiger partial charge in [-0.05, 0) is 50.7 Å². The van der Waals surface area contributed by atoms with Crippen molar-refractivity contribution in [2.24, 2.45) is 5.73 Å². The van der Waals surface area contributed by atoms with E-state index in [2.05, 4.69) is 17.3 Å². The molecule has 128 valence electrons. The molecule has 0 radical (unpaired) electrons. The zero-order chi connectivity index (χ0) is 16.8. The fourth-order valence-electron chi connectivity index (χ4n) is 2.63. The number of nitrogens with zero attached hydrogens (tertiary/aromatic N) is 1. The number of rotatable bonds is 7. The van der Waals surface area contributed by atoms with Crippen molar-refractivity contribution in [1.29, 1.82) is 0 Å². The van der Waals surface area contributed by atoms with Gasteiger partial charge in [-0.15, -0.1) is 0 Å². The summed E-state index contributed by atoms with van der Waals surface area (Å²) in [7, 11) is 3.68. The third-order valence-corrected chi connectivity index (χ3v) is 4.24. The molecular weight excluding hydrogens is 318 g/mol. The highest BCUT2D eigenvalue weighted by molar-refractivity contribution is 6.32. The maximum atomic E-state index is 10.9. The van der Waals surface area contributed by atoms with Gasteiger partial charge in [-0.1, -0.05) is 11.6 Å². The molecule has 1 saturated heterocycles. The standard InChI is InChI=1S/C16H24ClN3O3/c1-20-5-3-12(4-6-20)19-9-11-7-13(17)16(14(8-11)22-2)23-10-15(18)21/h7-8,12,19H,3-6,9-10H2,1-2H3,(H2,18,21). The predicted octanol–water partition coefficient (Wildman–Crippen LogP) is 1.40. The molecule has 0 bridgehead atoms. The second-order valence-corrected chi connectivity index (χ2v) is 6.23. The number of carbonyl (C=O) groups is 1. The van der Waals surface area contributed by atoms with Crippen LogP contribution in [0.4, 0.5) is 0 Å². The Hall–Kier alpha value is -1.50. The van der Waals surface area contributed by atoms with Crippen LogP contribution >= 0.6 is 11.6 Å². The monoisotopic (exact) mass is 341 g/mol. The number of hydrogen-bond acceptors (Lipinski definition) is 5. The number of amides is 1. The minimum atomic E-state index is -0.559. The van der Waals surface area contributed by atoms with Crippen molar-refractivity contribution in [3.63, 3.8) is 0 Å². The van der Waals surface area contributed by atoms with Gasteiger partial charge in [0.25, 0.3) is 5.91 Å². The summed E-state index contributed by atoms with van der Waals surface area (Å²) in [5, 5.41) is 3.96. The lowest BCUT2D eigenvalue weighted by Crippen LogP contribution is -2.40. The minimum Gasteiger partial charge on any atom is -0.493 e. The molecule has 2 rings (SSSR count). The van der Waals surface area contributed by atoms with E-state index in [-0.39, 0.29) is 6.61 Å². The van der Waals surface area contributed by atoms with E-state index in [1.54, 1.807) is 0 Å². The van der Waals surface area contributed by atoms with Gasteiger partial charge in [0, 0.05) is 12.6 Å². The molecule has 6 nitrogen and oxygen atoms in total. The van der Waals surface area contributed by atoms with Gasteiger partial charge in [0.1, 0.15) is 0 Å². The number of piperidine rings is 1. The predicted molar refractivity (Wildman–Crippen MR) is 90.1 cm³/mol. The number of methoxy groups -OCH3 is 1. The van der Waals surface area contributed by atoms with Crippen molar-refractivity contribution in [2.75, 3.05) is 33.9 Å². The summed E-state index contributed by atoms with van der Waals surface area (Å²) < 4.78 is 10.6. The van der Waals surface area contributed by atoms with E-state index in [4.69, 9.17) is 26.8 Å². The fourth-order valence-corrected chi connectivity index (χ4v) is 2.92. The van der Waals surface area contributed by atoms with Crippen LogP contribution in [-0.4, -0.2) is 50.7 Å². The first-order valence-corrected chi connectivity index (χ1v) is 8.07. The maximum absolute atomic E-state index is 10.9. The van der Waals surface area contributed by atoms with Crippen LogP contribution in [0.2, 0.25) is 5.02 Å². The summed E-state index contributed by atoms with van der Waals surface area (Å²) in [6, 6.07) is 4.20. The average Bonchev–Trinajstić information content (AvgIpc) is 2.52. The zero-order valence-corrected chi connectivity index (χ0v) is 14.4. The van der Waals surface area contributed by atoms with E-state index in [0.717, 1.165) is 31.5 Å². The van der Waals surface area contributed by atoms with E-state index in [9.17, 15) is 4.79 Å². The second kappa shape index (κ2) is 8.38. The maximum Gasteiger partial charge on any atom is 0.255 e. The molecule has 0 atom stereocenters. The summed E-state index contributed by atoms with van der Waals surface area (Å²) in [4.78, 5) is 13.2. The summed E-state index contributed by atoms with van der Waals surface area (Å²) >= 11 is 6.25. The Labute approximate surface area is 141 Å². The van der Waals surface area contributed by atoms with Crippen LogP contribution < -0.4 is 20.5 Å². The number of carbonyl (C=O) groups excluding carboxylic acids is 1. The Morgan fingerprint density at radius 1 is 1.43 bits per heavy atom. The number of ether oxygens (including phenoxy) is 2. The normalized spacial score (nSPS) is 16.3. The third kappa shape index (κ3) is 5.27. The molecule has 1 aromatic carbocycles. The molecule has 1 fully saturated rings. The van der Waals surface area contributed by atoms with Crippen LogP contribution in [0.25, 0.3) is 0 Å². The van der Waals surface area contributed by atoms with Crippen molar-refractivity contribution in [1.82, 2.24) is 10.2 Å². The number of nitrogens with one attached hydrogen (secondary N) is 1. The number of likely N-dealkylation sites (tertiary alicyclic amines) is 1. The van der Waals surface area contributed by atoms with Crippen molar-refractivity contribution < 1.29 is 14.3 Å². The Balaban J connectivity index is 1.99. The van der Waals surface area contributed by atoms with Crippen molar-refractivity contribution >= 4 is 17.5 Å². The molecule has 7 heteroatoms. The Kier molecular flexibility index (Phi) is 6.50. The lowest BCUT2D eigenvalue weighted by Gasteiger charge is -2.29. The molecule has 1 aromatic rings. The molecule has 0 aromatic heterocycles. The summed E-state index contributed by atoms with van der Waals surface area (Å²) in [6.45, 7) is 2.70. The smallest absolute Gasteiger partial charge is 0.255 e. The largest absolute Gasteiger partial charge is 0.493 e. The molecule has 0 unspecified atom stereocenters. The van der Waals surface area contributed by atoms with E-state index in [1.165, 1.54) is 7.11 Å². The molecular formula is C16H24ClN3O3. The van der Waals surface area contributed by atoms with Gasteiger partial charge in [0.15, 0.2) is 18.1 Å². The first kappa shape index (κ1) is 17.8. The molecule has 1 aliphatic heterocycles. The van der Waals surface area contributed by atoms with E-state index >= 15 is 0 Å². The number of primary amides is 1. The van der Waals surface area contributed by atoms with Crippen molar-refractivity contribution in [3.05, 3.63) is 22.7 Å². The minimum absolute atomic E-state index is 0.233. The number of halogens is 1. The van der Waals surface area contributed by atoms with Gasteiger partial charge in [0.05, 0.1) is 12.1 Å². The van der Waals surface area contributed by atoms with Crippen LogP contribution in [0, 0.1) is 0 Å². The van der Waals surface area contributed by atoms with Crippen LogP contribution in [0.1, 0.15) is 18.4 Å². The highest BCUT2D eigenvalue weighted by atomic mass is 35.5. The molecule has 3 N–H and O–H groups in total. The lowest BCUT2D eigenvalue weighted by molar-refractivity contribution is -0.119. The fraction of sp³-hybridized carbons (Fsp3) is 0.562. The molecule has 0 aliphatic carbocycles. The summed E-state index contributed by atoms with van der Waals surface area (Å²) in [6.07, 6.45) is 2.28. The van der Waals surface area contributed by atoms with E-state index < -0.39 is 5.91 Å². The van der Waals surface area contributed by atoms with Crippen molar-refractivity contribution in [3.8, 4) is 11.5 Å². The quantitative estimate of drug-likeness (QED) is 0.784. The Morgan fingerprint density at radius 3 is 2.74 bits per heavy atom. The van der Waals surface area contributed by atoms with Gasteiger partial charge >= 0.3 is 0 Å². The van der Waals surface area contributed by atoms with Crippen LogP contribution in [0.15, 0.2) is 12.1 Å². The highest BCUT2D eigenvalue weighted by Crippen LogP contribution is 2.36. The molecule has 0 spiro atoms. The van der Waals surface area contributed by atoms with Gasteiger partial charge in [-0.3, -0.25) is 4.79 Å². The third-order valence-electron chi connectivity index (χ3n) is 3.96. The second-order valence-electron chi connectivity index (χ2n) is 5.82. The molecule has 1 heterocycles. The van der Waals surface area contributed by atoms with Gasteiger partial charge in [-0.2, -0.15) is 0 Å². The lowest BCUT2D eigenvalue weighted by atomic mass is 10.1. The Morgan fingerprint density at radius 2 is 2.13 bits per heavy atom. The first-order chi connectivity index (χ1) is 11.0. The van der Waals surface area contributed by atoms with Gasteiger partial charge in [0.2, 0.25) is 0 Å². The van der Waals surface area contributed by atoms with Crippen LogP contribution in [-0.2, 0) is 11.3 Å². The first-order valence-electron chi connectivity index (χ1n) is 7.69. The Bertz CT molecular complexity index is 546. The zero-order valence-electron chi connectivity index (χ0n) is 13.6. The number of benzene rings is 1. The van der Waals surface area contributed by atoms with E-state index in [1.807, 2.05) is 12.1 Å². The molecule has 1 aliphatic rings. The topological polar surface area (TPSA) is 76.8 Å². The summed E-state index contributed by atoms with van der Waals surface area (Å²) in [5.74, 6) is 0.283. The number of hydrogen-bond donors (Lipinski definition) is 2. The average molecular weight is 342 g/mol. The van der Waals surface area contributed by atoms with E-state index in [0.29, 0.717) is 29.1 Å². The van der Waals surface area contributed by atoms with Gasteiger partial charge in [-0.25, -0.2) is 0 Å². The highest BCUT2D eigenvalue weighted by Gasteiger charge is 2.17.